The van der Waals surface area contributed by atoms with Gasteiger partial charge >= 0.3 is 5.97 Å². The van der Waals surface area contributed by atoms with Gasteiger partial charge in [-0.2, -0.15) is 0 Å². The standard InChI is InChI=1S/C19H19NO4/c1-24-17-10-6-5-9-15(17)11-12-18(21)20-16(19(22)23)13-14-7-3-2-4-8-14/h2-12,16H,13H2,1H3,(H,20,21)(H,22,23)/b12-11+/t16-/m0/s1. The number of hydrogen-bond donors (Lipinski definition) is 2. The van der Waals surface area contributed by atoms with Crippen LogP contribution in [0.15, 0.2) is 60.7 Å². The van der Waals surface area contributed by atoms with Crippen molar-refractivity contribution < 1.29 is 19.4 Å². The lowest BCUT2D eigenvalue weighted by molar-refractivity contribution is -0.141. The van der Waals surface area contributed by atoms with Crippen LogP contribution >= 0.6 is 0 Å². The lowest BCUT2D eigenvalue weighted by Gasteiger charge is -2.13. The third-order valence-electron chi connectivity index (χ3n) is 3.45. The molecular weight excluding hydrogens is 306 g/mol. The predicted molar refractivity (Wildman–Crippen MR) is 91.7 cm³/mol. The minimum atomic E-state index is -1.07. The summed E-state index contributed by atoms with van der Waals surface area (Å²) in [6.07, 6.45) is 3.12. The molecular formula is C19H19NO4. The van der Waals surface area contributed by atoms with Gasteiger partial charge in [0.2, 0.25) is 5.91 Å². The Bertz CT molecular complexity index is 725. The third-order valence-corrected chi connectivity index (χ3v) is 3.45. The highest BCUT2D eigenvalue weighted by molar-refractivity contribution is 5.94. The number of carbonyl (C=O) groups is 2. The Morgan fingerprint density at radius 3 is 2.46 bits per heavy atom. The van der Waals surface area contributed by atoms with Gasteiger partial charge in [0.15, 0.2) is 0 Å². The molecule has 5 nitrogen and oxygen atoms in total. The summed E-state index contributed by atoms with van der Waals surface area (Å²) in [6.45, 7) is 0. The number of benzene rings is 2. The summed E-state index contributed by atoms with van der Waals surface area (Å²) < 4.78 is 5.20. The van der Waals surface area contributed by atoms with E-state index < -0.39 is 17.9 Å². The number of carboxylic acid groups (broad SMARTS) is 1. The molecule has 0 heterocycles. The van der Waals surface area contributed by atoms with Crippen molar-refractivity contribution in [1.29, 1.82) is 0 Å². The Kier molecular flexibility index (Phi) is 6.14. The molecule has 0 saturated carbocycles. The van der Waals surface area contributed by atoms with Crippen LogP contribution in [0.25, 0.3) is 6.08 Å². The van der Waals surface area contributed by atoms with Crippen LogP contribution in [-0.4, -0.2) is 30.1 Å². The fourth-order valence-electron chi connectivity index (χ4n) is 2.24. The molecule has 0 aliphatic heterocycles. The van der Waals surface area contributed by atoms with Crippen LogP contribution in [0.2, 0.25) is 0 Å². The normalized spacial score (nSPS) is 11.9. The van der Waals surface area contributed by atoms with Crippen LogP contribution in [0.4, 0.5) is 0 Å². The molecule has 24 heavy (non-hydrogen) atoms. The summed E-state index contributed by atoms with van der Waals surface area (Å²) in [5.74, 6) is -0.900. The molecule has 0 aliphatic carbocycles. The van der Waals surface area contributed by atoms with Crippen molar-refractivity contribution >= 4 is 18.0 Å². The van der Waals surface area contributed by atoms with Crippen LogP contribution in [0, 0.1) is 0 Å². The molecule has 1 amide bonds. The second kappa shape index (κ2) is 8.53. The molecule has 0 fully saturated rings. The van der Waals surface area contributed by atoms with Gasteiger partial charge in [0, 0.05) is 18.1 Å². The van der Waals surface area contributed by atoms with E-state index in [1.807, 2.05) is 42.5 Å². The number of ether oxygens (including phenoxy) is 1. The summed E-state index contributed by atoms with van der Waals surface area (Å²) in [5, 5.41) is 11.8. The first kappa shape index (κ1) is 17.3. The average molecular weight is 325 g/mol. The van der Waals surface area contributed by atoms with Crippen LogP contribution < -0.4 is 10.1 Å². The number of methoxy groups -OCH3 is 1. The smallest absolute Gasteiger partial charge is 0.326 e. The van der Waals surface area contributed by atoms with E-state index in [9.17, 15) is 14.7 Å². The van der Waals surface area contributed by atoms with Crippen molar-refractivity contribution in [2.24, 2.45) is 0 Å². The quantitative estimate of drug-likeness (QED) is 0.767. The van der Waals surface area contributed by atoms with Crippen molar-refractivity contribution in [3.8, 4) is 5.75 Å². The van der Waals surface area contributed by atoms with E-state index in [-0.39, 0.29) is 6.42 Å². The summed E-state index contributed by atoms with van der Waals surface area (Å²) in [4.78, 5) is 23.4. The van der Waals surface area contributed by atoms with Crippen LogP contribution in [0.5, 0.6) is 5.75 Å². The summed E-state index contributed by atoms with van der Waals surface area (Å²) >= 11 is 0. The second-order valence-electron chi connectivity index (χ2n) is 5.16. The lowest BCUT2D eigenvalue weighted by atomic mass is 10.1. The topological polar surface area (TPSA) is 75.6 Å². The van der Waals surface area contributed by atoms with Gasteiger partial charge in [0.25, 0.3) is 0 Å². The molecule has 2 N–H and O–H groups in total. The fraction of sp³-hybridized carbons (Fsp3) is 0.158. The zero-order valence-corrected chi connectivity index (χ0v) is 13.3. The molecule has 0 saturated heterocycles. The zero-order chi connectivity index (χ0) is 17.4. The summed E-state index contributed by atoms with van der Waals surface area (Å²) in [6, 6.07) is 15.4. The molecule has 2 aromatic rings. The Hall–Kier alpha value is -3.08. The van der Waals surface area contributed by atoms with Gasteiger partial charge in [0.05, 0.1) is 7.11 Å². The average Bonchev–Trinajstić information content (AvgIpc) is 2.60. The molecule has 0 unspecified atom stereocenters. The highest BCUT2D eigenvalue weighted by Gasteiger charge is 2.19. The minimum absolute atomic E-state index is 0.227. The van der Waals surface area contributed by atoms with E-state index in [2.05, 4.69) is 5.32 Å². The largest absolute Gasteiger partial charge is 0.496 e. The van der Waals surface area contributed by atoms with E-state index in [0.717, 1.165) is 11.1 Å². The number of carboxylic acids is 1. The Labute approximate surface area is 140 Å². The van der Waals surface area contributed by atoms with Crippen molar-refractivity contribution in [1.82, 2.24) is 5.32 Å². The number of amides is 1. The van der Waals surface area contributed by atoms with Gasteiger partial charge in [0.1, 0.15) is 11.8 Å². The molecule has 2 rings (SSSR count). The number of rotatable bonds is 7. The van der Waals surface area contributed by atoms with E-state index in [1.165, 1.54) is 6.08 Å². The first-order valence-electron chi connectivity index (χ1n) is 7.48. The zero-order valence-electron chi connectivity index (χ0n) is 13.3. The van der Waals surface area contributed by atoms with E-state index in [0.29, 0.717) is 5.75 Å². The predicted octanol–water partition coefficient (Wildman–Crippen LogP) is 2.52. The molecule has 0 spiro atoms. The highest BCUT2D eigenvalue weighted by atomic mass is 16.5. The van der Waals surface area contributed by atoms with Gasteiger partial charge in [-0.15, -0.1) is 0 Å². The maximum Gasteiger partial charge on any atom is 0.326 e. The highest BCUT2D eigenvalue weighted by Crippen LogP contribution is 2.18. The number of nitrogens with one attached hydrogen (secondary N) is 1. The SMILES string of the molecule is COc1ccccc1/C=C/C(=O)N[C@@H](Cc1ccccc1)C(=O)O. The number of carbonyl (C=O) groups excluding carboxylic acids is 1. The van der Waals surface area contributed by atoms with Crippen LogP contribution in [0.3, 0.4) is 0 Å². The maximum atomic E-state index is 12.0. The number of aliphatic carboxylic acids is 1. The Morgan fingerprint density at radius 1 is 1.12 bits per heavy atom. The first-order chi connectivity index (χ1) is 11.6. The molecule has 0 bridgehead atoms. The van der Waals surface area contributed by atoms with E-state index in [4.69, 9.17) is 4.74 Å². The molecule has 5 heteroatoms. The number of hydrogen-bond acceptors (Lipinski definition) is 3. The molecule has 0 aliphatic rings. The van der Waals surface area contributed by atoms with Gasteiger partial charge in [-0.05, 0) is 17.7 Å². The fourth-order valence-corrected chi connectivity index (χ4v) is 2.24. The van der Waals surface area contributed by atoms with Crippen LogP contribution in [-0.2, 0) is 16.0 Å². The first-order valence-corrected chi connectivity index (χ1v) is 7.48. The van der Waals surface area contributed by atoms with E-state index >= 15 is 0 Å². The van der Waals surface area contributed by atoms with Gasteiger partial charge in [-0.3, -0.25) is 4.79 Å². The maximum absolute atomic E-state index is 12.0. The van der Waals surface area contributed by atoms with Crippen molar-refractivity contribution in [2.45, 2.75) is 12.5 Å². The monoisotopic (exact) mass is 325 g/mol. The molecule has 0 aromatic heterocycles. The molecule has 1 atom stereocenters. The molecule has 0 radical (unpaired) electrons. The van der Waals surface area contributed by atoms with Gasteiger partial charge in [-0.25, -0.2) is 4.79 Å². The molecule has 124 valence electrons. The number of para-hydroxylation sites is 1. The molecule has 2 aromatic carbocycles. The lowest BCUT2D eigenvalue weighted by Crippen LogP contribution is -2.41. The Balaban J connectivity index is 2.03. The van der Waals surface area contributed by atoms with Crippen molar-refractivity contribution in [3.05, 3.63) is 71.8 Å². The second-order valence-corrected chi connectivity index (χ2v) is 5.16. The minimum Gasteiger partial charge on any atom is -0.496 e. The van der Waals surface area contributed by atoms with Crippen LogP contribution in [0.1, 0.15) is 11.1 Å². The summed E-state index contributed by atoms with van der Waals surface area (Å²) in [7, 11) is 1.55. The van der Waals surface area contributed by atoms with Gasteiger partial charge < -0.3 is 15.2 Å². The van der Waals surface area contributed by atoms with E-state index in [1.54, 1.807) is 25.3 Å². The Morgan fingerprint density at radius 2 is 1.79 bits per heavy atom. The van der Waals surface area contributed by atoms with Crippen molar-refractivity contribution in [2.75, 3.05) is 7.11 Å². The third kappa shape index (κ3) is 4.98. The summed E-state index contributed by atoms with van der Waals surface area (Å²) in [5.41, 5.74) is 1.59. The van der Waals surface area contributed by atoms with Crippen molar-refractivity contribution in [3.63, 3.8) is 0 Å². The van der Waals surface area contributed by atoms with Gasteiger partial charge in [-0.1, -0.05) is 48.5 Å².